The Balaban J connectivity index is 1.54. The maximum absolute atomic E-state index is 3.63. The molecule has 0 aromatic carbocycles. The van der Waals surface area contributed by atoms with Crippen molar-refractivity contribution in [2.75, 3.05) is 26.2 Å². The summed E-state index contributed by atoms with van der Waals surface area (Å²) in [5.74, 6) is 0. The van der Waals surface area contributed by atoms with Gasteiger partial charge in [0.05, 0.1) is 0 Å². The molecular formula is C16H31N3. The first-order valence-corrected chi connectivity index (χ1v) is 8.51. The van der Waals surface area contributed by atoms with E-state index in [1.807, 2.05) is 0 Å². The molecule has 0 radical (unpaired) electrons. The van der Waals surface area contributed by atoms with Crippen molar-refractivity contribution in [1.82, 2.24) is 15.1 Å². The maximum Gasteiger partial charge on any atom is 0.0224 e. The molecule has 2 unspecified atom stereocenters. The highest BCUT2D eigenvalue weighted by atomic mass is 15.3. The summed E-state index contributed by atoms with van der Waals surface area (Å²) in [5.41, 5.74) is 0. The van der Waals surface area contributed by atoms with Gasteiger partial charge >= 0.3 is 0 Å². The molecule has 2 saturated heterocycles. The fourth-order valence-electron chi connectivity index (χ4n) is 4.62. The third kappa shape index (κ3) is 2.98. The zero-order valence-corrected chi connectivity index (χ0v) is 12.8. The normalized spacial score (nSPS) is 41.4. The third-order valence-corrected chi connectivity index (χ3v) is 5.64. The molecule has 2 atom stereocenters. The second-order valence-corrected chi connectivity index (χ2v) is 6.90. The van der Waals surface area contributed by atoms with E-state index in [4.69, 9.17) is 0 Å². The summed E-state index contributed by atoms with van der Waals surface area (Å²) in [6.07, 6.45) is 8.46. The standard InChI is InChI=1S/C16H31N3/c1-3-17-14-6-8-15(9-7-14)19-12-16-5-4-10-18(16)11-13(19)2/h13-17H,3-12H2,1-2H3. The second kappa shape index (κ2) is 6.11. The number of rotatable bonds is 3. The minimum absolute atomic E-state index is 0.773. The molecule has 3 aliphatic rings. The molecule has 0 aromatic rings. The highest BCUT2D eigenvalue weighted by Crippen LogP contribution is 2.30. The molecule has 3 heteroatoms. The molecule has 3 nitrogen and oxygen atoms in total. The Bertz CT molecular complexity index is 286. The Morgan fingerprint density at radius 3 is 2.53 bits per heavy atom. The zero-order valence-electron chi connectivity index (χ0n) is 12.8. The highest BCUT2D eigenvalue weighted by Gasteiger charge is 2.38. The number of nitrogens with one attached hydrogen (secondary N) is 1. The first-order chi connectivity index (χ1) is 9.28. The summed E-state index contributed by atoms with van der Waals surface area (Å²) < 4.78 is 0. The quantitative estimate of drug-likeness (QED) is 0.843. The van der Waals surface area contributed by atoms with Crippen LogP contribution in [-0.4, -0.2) is 60.1 Å². The van der Waals surface area contributed by atoms with E-state index in [0.717, 1.165) is 30.7 Å². The van der Waals surface area contributed by atoms with Crippen LogP contribution in [0.15, 0.2) is 0 Å². The van der Waals surface area contributed by atoms with Crippen molar-refractivity contribution in [3.8, 4) is 0 Å². The lowest BCUT2D eigenvalue weighted by atomic mass is 9.88. The van der Waals surface area contributed by atoms with Crippen LogP contribution < -0.4 is 5.32 Å². The second-order valence-electron chi connectivity index (χ2n) is 6.90. The number of hydrogen-bond donors (Lipinski definition) is 1. The Morgan fingerprint density at radius 2 is 1.79 bits per heavy atom. The summed E-state index contributed by atoms with van der Waals surface area (Å²) in [5, 5.41) is 3.63. The van der Waals surface area contributed by atoms with Crippen LogP contribution >= 0.6 is 0 Å². The molecule has 0 spiro atoms. The molecule has 0 bridgehead atoms. The summed E-state index contributed by atoms with van der Waals surface area (Å²) in [6.45, 7) is 9.83. The van der Waals surface area contributed by atoms with Crippen LogP contribution in [0.2, 0.25) is 0 Å². The van der Waals surface area contributed by atoms with Crippen LogP contribution in [0.1, 0.15) is 52.4 Å². The van der Waals surface area contributed by atoms with Crippen molar-refractivity contribution < 1.29 is 0 Å². The van der Waals surface area contributed by atoms with Crippen molar-refractivity contribution >= 4 is 0 Å². The van der Waals surface area contributed by atoms with Gasteiger partial charge in [0.15, 0.2) is 0 Å². The van der Waals surface area contributed by atoms with Gasteiger partial charge in [-0.15, -0.1) is 0 Å². The fourth-order valence-corrected chi connectivity index (χ4v) is 4.62. The van der Waals surface area contributed by atoms with E-state index < -0.39 is 0 Å². The van der Waals surface area contributed by atoms with Gasteiger partial charge < -0.3 is 5.32 Å². The van der Waals surface area contributed by atoms with Crippen LogP contribution in [-0.2, 0) is 0 Å². The smallest absolute Gasteiger partial charge is 0.0224 e. The molecule has 3 fully saturated rings. The Kier molecular flexibility index (Phi) is 4.45. The van der Waals surface area contributed by atoms with Crippen molar-refractivity contribution in [3.63, 3.8) is 0 Å². The maximum atomic E-state index is 3.63. The molecule has 110 valence electrons. The van der Waals surface area contributed by atoms with Gasteiger partial charge in [0.1, 0.15) is 0 Å². The van der Waals surface area contributed by atoms with E-state index in [2.05, 4.69) is 29.0 Å². The van der Waals surface area contributed by atoms with Crippen molar-refractivity contribution in [2.24, 2.45) is 0 Å². The van der Waals surface area contributed by atoms with Gasteiger partial charge in [0.2, 0.25) is 0 Å². The number of hydrogen-bond acceptors (Lipinski definition) is 3. The lowest BCUT2D eigenvalue weighted by Gasteiger charge is -2.47. The number of piperazine rings is 1. The van der Waals surface area contributed by atoms with E-state index in [1.54, 1.807) is 0 Å². The third-order valence-electron chi connectivity index (χ3n) is 5.64. The summed E-state index contributed by atoms with van der Waals surface area (Å²) in [4.78, 5) is 5.60. The lowest BCUT2D eigenvalue weighted by Crippen LogP contribution is -2.58. The SMILES string of the molecule is CCNC1CCC(N2CC3CCCN3CC2C)CC1. The molecule has 2 aliphatic heterocycles. The lowest BCUT2D eigenvalue weighted by molar-refractivity contribution is 0.0134. The Morgan fingerprint density at radius 1 is 1.00 bits per heavy atom. The van der Waals surface area contributed by atoms with E-state index in [9.17, 15) is 0 Å². The van der Waals surface area contributed by atoms with E-state index in [0.29, 0.717) is 0 Å². The Labute approximate surface area is 118 Å². The Hall–Kier alpha value is -0.120. The predicted molar refractivity (Wildman–Crippen MR) is 80.5 cm³/mol. The number of nitrogens with zero attached hydrogens (tertiary/aromatic N) is 2. The average Bonchev–Trinajstić information content (AvgIpc) is 2.86. The summed E-state index contributed by atoms with van der Waals surface area (Å²) >= 11 is 0. The van der Waals surface area contributed by atoms with Gasteiger partial charge in [-0.05, 0) is 58.5 Å². The van der Waals surface area contributed by atoms with E-state index >= 15 is 0 Å². The molecule has 1 saturated carbocycles. The van der Waals surface area contributed by atoms with Crippen LogP contribution in [0.25, 0.3) is 0 Å². The zero-order chi connectivity index (χ0) is 13.2. The van der Waals surface area contributed by atoms with Crippen molar-refractivity contribution in [2.45, 2.75) is 76.5 Å². The van der Waals surface area contributed by atoms with Crippen molar-refractivity contribution in [1.29, 1.82) is 0 Å². The van der Waals surface area contributed by atoms with Gasteiger partial charge in [-0.2, -0.15) is 0 Å². The van der Waals surface area contributed by atoms with E-state index in [-0.39, 0.29) is 0 Å². The molecule has 1 aliphatic carbocycles. The van der Waals surface area contributed by atoms with Gasteiger partial charge in [0, 0.05) is 37.3 Å². The molecule has 0 aromatic heterocycles. The first-order valence-electron chi connectivity index (χ1n) is 8.51. The molecule has 1 N–H and O–H groups in total. The molecule has 0 amide bonds. The molecular weight excluding hydrogens is 234 g/mol. The minimum Gasteiger partial charge on any atom is -0.314 e. The molecule has 2 heterocycles. The van der Waals surface area contributed by atoms with Crippen LogP contribution in [0.4, 0.5) is 0 Å². The van der Waals surface area contributed by atoms with Crippen LogP contribution in [0, 0.1) is 0 Å². The average molecular weight is 265 g/mol. The largest absolute Gasteiger partial charge is 0.314 e. The van der Waals surface area contributed by atoms with Gasteiger partial charge in [-0.1, -0.05) is 6.92 Å². The monoisotopic (exact) mass is 265 g/mol. The number of fused-ring (bicyclic) bond motifs is 1. The van der Waals surface area contributed by atoms with Gasteiger partial charge in [0.25, 0.3) is 0 Å². The predicted octanol–water partition coefficient (Wildman–Crippen LogP) is 2.08. The van der Waals surface area contributed by atoms with Gasteiger partial charge in [-0.25, -0.2) is 0 Å². The van der Waals surface area contributed by atoms with Crippen LogP contribution in [0.5, 0.6) is 0 Å². The van der Waals surface area contributed by atoms with E-state index in [1.165, 1.54) is 58.2 Å². The minimum atomic E-state index is 0.773. The molecule has 3 rings (SSSR count). The fraction of sp³-hybridized carbons (Fsp3) is 1.00. The first kappa shape index (κ1) is 13.8. The molecule has 19 heavy (non-hydrogen) atoms. The van der Waals surface area contributed by atoms with Gasteiger partial charge in [-0.3, -0.25) is 9.80 Å². The topological polar surface area (TPSA) is 18.5 Å². The van der Waals surface area contributed by atoms with Crippen LogP contribution in [0.3, 0.4) is 0 Å². The highest BCUT2D eigenvalue weighted by molar-refractivity contribution is 4.94. The summed E-state index contributed by atoms with van der Waals surface area (Å²) in [6, 6.07) is 3.31. The summed E-state index contributed by atoms with van der Waals surface area (Å²) in [7, 11) is 0. The van der Waals surface area contributed by atoms with Crippen molar-refractivity contribution in [3.05, 3.63) is 0 Å².